The molecule has 0 spiro atoms. The van der Waals surface area contributed by atoms with Gasteiger partial charge < -0.3 is 9.80 Å². The fraction of sp³-hybridized carbons (Fsp3) is 0.391. The Morgan fingerprint density at radius 3 is 2.16 bits per heavy atom. The van der Waals surface area contributed by atoms with Gasteiger partial charge in [0.1, 0.15) is 6.17 Å². The fourth-order valence-electron chi connectivity index (χ4n) is 3.54. The molecule has 0 saturated heterocycles. The largest absolute Gasteiger partial charge is 0.355 e. The summed E-state index contributed by atoms with van der Waals surface area (Å²) in [5.74, 6) is 0. The van der Waals surface area contributed by atoms with E-state index in [1.807, 2.05) is 0 Å². The van der Waals surface area contributed by atoms with Gasteiger partial charge in [-0.2, -0.15) is 0 Å². The van der Waals surface area contributed by atoms with Gasteiger partial charge in [0.2, 0.25) is 0 Å². The summed E-state index contributed by atoms with van der Waals surface area (Å²) in [6, 6.07) is 21.6. The number of hydrogen-bond acceptors (Lipinski definition) is 2. The van der Waals surface area contributed by atoms with Crippen molar-refractivity contribution in [3.8, 4) is 0 Å². The Morgan fingerprint density at radius 2 is 1.44 bits per heavy atom. The maximum Gasteiger partial charge on any atom is 0.109 e. The SMILES string of the molecule is CCCCCCCN1C=CN(c2ccccc2)C1Cc1ccccc1. The monoisotopic (exact) mass is 334 g/mol. The summed E-state index contributed by atoms with van der Waals surface area (Å²) < 4.78 is 0. The van der Waals surface area contributed by atoms with Gasteiger partial charge in [-0.3, -0.25) is 0 Å². The van der Waals surface area contributed by atoms with Crippen molar-refractivity contribution in [2.24, 2.45) is 0 Å². The van der Waals surface area contributed by atoms with Crippen LogP contribution in [0.25, 0.3) is 0 Å². The van der Waals surface area contributed by atoms with Gasteiger partial charge in [0.05, 0.1) is 0 Å². The number of anilines is 1. The van der Waals surface area contributed by atoms with Gasteiger partial charge in [0.25, 0.3) is 0 Å². The fourth-order valence-corrected chi connectivity index (χ4v) is 3.54. The van der Waals surface area contributed by atoms with Crippen LogP contribution in [0.2, 0.25) is 0 Å². The third-order valence-corrected chi connectivity index (χ3v) is 4.96. The second kappa shape index (κ2) is 9.31. The van der Waals surface area contributed by atoms with E-state index < -0.39 is 0 Å². The molecule has 0 amide bonds. The average molecular weight is 335 g/mol. The van der Waals surface area contributed by atoms with Crippen molar-refractivity contribution >= 4 is 5.69 Å². The maximum atomic E-state index is 2.52. The number of para-hydroxylation sites is 1. The Kier molecular flexibility index (Phi) is 6.55. The van der Waals surface area contributed by atoms with Crippen molar-refractivity contribution in [2.45, 2.75) is 51.6 Å². The van der Waals surface area contributed by atoms with Crippen LogP contribution in [0.15, 0.2) is 73.1 Å². The summed E-state index contributed by atoms with van der Waals surface area (Å²) in [5.41, 5.74) is 2.67. The molecule has 0 radical (unpaired) electrons. The van der Waals surface area contributed by atoms with Crippen LogP contribution in [-0.4, -0.2) is 17.6 Å². The topological polar surface area (TPSA) is 6.48 Å². The first kappa shape index (κ1) is 17.6. The highest BCUT2D eigenvalue weighted by atomic mass is 15.4. The predicted octanol–water partition coefficient (Wildman–Crippen LogP) is 5.82. The Bertz CT molecular complexity index is 636. The van der Waals surface area contributed by atoms with E-state index in [-0.39, 0.29) is 0 Å². The zero-order chi connectivity index (χ0) is 17.3. The molecule has 0 bridgehead atoms. The van der Waals surface area contributed by atoms with Crippen LogP contribution in [-0.2, 0) is 6.42 Å². The predicted molar refractivity (Wildman–Crippen MR) is 107 cm³/mol. The first-order chi connectivity index (χ1) is 12.4. The van der Waals surface area contributed by atoms with Gasteiger partial charge in [0.15, 0.2) is 0 Å². The molecule has 1 atom stereocenters. The van der Waals surface area contributed by atoms with Gasteiger partial charge in [-0.25, -0.2) is 0 Å². The Hall–Kier alpha value is -2.22. The standard InChI is InChI=1S/C23H30N2/c1-2-3-4-5-12-17-24-18-19-25(22-15-10-7-11-16-22)23(24)20-21-13-8-6-9-14-21/h6-11,13-16,18-19,23H,2-5,12,17,20H2,1H3. The van der Waals surface area contributed by atoms with E-state index in [1.165, 1.54) is 43.4 Å². The summed E-state index contributed by atoms with van der Waals surface area (Å²) in [6.45, 7) is 3.41. The van der Waals surface area contributed by atoms with Gasteiger partial charge in [-0.05, 0) is 24.1 Å². The summed E-state index contributed by atoms with van der Waals surface area (Å²) in [4.78, 5) is 4.94. The third kappa shape index (κ3) is 4.88. The molecule has 1 aliphatic rings. The highest BCUT2D eigenvalue weighted by Crippen LogP contribution is 2.27. The lowest BCUT2D eigenvalue weighted by molar-refractivity contribution is 0.290. The van der Waals surface area contributed by atoms with Crippen molar-refractivity contribution < 1.29 is 0 Å². The highest BCUT2D eigenvalue weighted by molar-refractivity contribution is 5.51. The van der Waals surface area contributed by atoms with E-state index in [0.717, 1.165) is 13.0 Å². The molecule has 0 aliphatic carbocycles. The molecular weight excluding hydrogens is 304 g/mol. The molecule has 2 heteroatoms. The van der Waals surface area contributed by atoms with E-state index in [4.69, 9.17) is 0 Å². The molecule has 2 aromatic carbocycles. The average Bonchev–Trinajstić information content (AvgIpc) is 3.06. The summed E-state index contributed by atoms with van der Waals surface area (Å²) in [6.07, 6.45) is 12.6. The number of rotatable bonds is 9. The molecule has 0 saturated carbocycles. The Morgan fingerprint density at radius 1 is 0.760 bits per heavy atom. The van der Waals surface area contributed by atoms with Crippen molar-refractivity contribution in [1.29, 1.82) is 0 Å². The molecule has 0 aromatic heterocycles. The van der Waals surface area contributed by atoms with Crippen LogP contribution in [0.5, 0.6) is 0 Å². The van der Waals surface area contributed by atoms with Crippen molar-refractivity contribution in [1.82, 2.24) is 4.90 Å². The second-order valence-electron chi connectivity index (χ2n) is 6.86. The molecule has 0 N–H and O–H groups in total. The Balaban J connectivity index is 1.67. The van der Waals surface area contributed by atoms with Crippen molar-refractivity contribution in [3.05, 3.63) is 78.6 Å². The van der Waals surface area contributed by atoms with Gasteiger partial charge in [-0.15, -0.1) is 0 Å². The molecule has 1 unspecified atom stereocenters. The lowest BCUT2D eigenvalue weighted by Gasteiger charge is -2.33. The van der Waals surface area contributed by atoms with Gasteiger partial charge in [0, 0.05) is 31.1 Å². The smallest absolute Gasteiger partial charge is 0.109 e. The third-order valence-electron chi connectivity index (χ3n) is 4.96. The minimum Gasteiger partial charge on any atom is -0.355 e. The molecule has 3 rings (SSSR count). The first-order valence-electron chi connectivity index (χ1n) is 9.70. The normalized spacial score (nSPS) is 16.6. The minimum absolute atomic E-state index is 0.371. The summed E-state index contributed by atoms with van der Waals surface area (Å²) in [7, 11) is 0. The second-order valence-corrected chi connectivity index (χ2v) is 6.86. The van der Waals surface area contributed by atoms with Gasteiger partial charge >= 0.3 is 0 Å². The van der Waals surface area contributed by atoms with E-state index >= 15 is 0 Å². The van der Waals surface area contributed by atoms with Crippen LogP contribution >= 0.6 is 0 Å². The number of benzene rings is 2. The summed E-state index contributed by atoms with van der Waals surface area (Å²) in [5, 5.41) is 0. The quantitative estimate of drug-likeness (QED) is 0.533. The molecule has 25 heavy (non-hydrogen) atoms. The van der Waals surface area contributed by atoms with E-state index in [2.05, 4.69) is 89.8 Å². The van der Waals surface area contributed by atoms with Crippen LogP contribution in [0.1, 0.15) is 44.6 Å². The van der Waals surface area contributed by atoms with Crippen LogP contribution in [0.3, 0.4) is 0 Å². The molecule has 0 fully saturated rings. The van der Waals surface area contributed by atoms with E-state index in [0.29, 0.717) is 6.17 Å². The number of unbranched alkanes of at least 4 members (excludes halogenated alkanes) is 4. The van der Waals surface area contributed by atoms with Gasteiger partial charge in [-0.1, -0.05) is 81.1 Å². The Labute approximate surface area is 152 Å². The maximum absolute atomic E-state index is 2.52. The zero-order valence-electron chi connectivity index (χ0n) is 15.3. The highest BCUT2D eigenvalue weighted by Gasteiger charge is 2.27. The van der Waals surface area contributed by atoms with E-state index in [1.54, 1.807) is 0 Å². The molecule has 1 heterocycles. The molecule has 132 valence electrons. The molecular formula is C23H30N2. The van der Waals surface area contributed by atoms with Crippen molar-refractivity contribution in [3.63, 3.8) is 0 Å². The summed E-state index contributed by atoms with van der Waals surface area (Å²) >= 11 is 0. The molecule has 2 nitrogen and oxygen atoms in total. The van der Waals surface area contributed by atoms with Crippen molar-refractivity contribution in [2.75, 3.05) is 11.4 Å². The number of nitrogens with zero attached hydrogens (tertiary/aromatic N) is 2. The lowest BCUT2D eigenvalue weighted by Crippen LogP contribution is -2.40. The molecule has 2 aromatic rings. The number of hydrogen-bond donors (Lipinski definition) is 0. The van der Waals surface area contributed by atoms with Crippen LogP contribution < -0.4 is 4.90 Å². The lowest BCUT2D eigenvalue weighted by atomic mass is 10.1. The zero-order valence-corrected chi connectivity index (χ0v) is 15.3. The van der Waals surface area contributed by atoms with Crippen LogP contribution in [0.4, 0.5) is 5.69 Å². The van der Waals surface area contributed by atoms with Crippen LogP contribution in [0, 0.1) is 0 Å². The first-order valence-corrected chi connectivity index (χ1v) is 9.70. The minimum atomic E-state index is 0.371. The molecule has 1 aliphatic heterocycles. The van der Waals surface area contributed by atoms with E-state index in [9.17, 15) is 0 Å².